The fourth-order valence-corrected chi connectivity index (χ4v) is 2.75. The molecule has 0 aromatic heterocycles. The first kappa shape index (κ1) is 14.9. The second-order valence-electron chi connectivity index (χ2n) is 4.25. The molecule has 8 heteroatoms. The number of hydrogen-bond acceptors (Lipinski definition) is 5. The predicted octanol–water partition coefficient (Wildman–Crippen LogP) is 1.78. The molecule has 7 nitrogen and oxygen atoms in total. The molecule has 0 atom stereocenters. The number of phenols is 1. The number of sulfonamides is 1. The lowest BCUT2D eigenvalue weighted by molar-refractivity contribution is -0.385. The molecule has 0 radical (unpaired) electrons. The third-order valence-electron chi connectivity index (χ3n) is 2.72. The van der Waals surface area contributed by atoms with Gasteiger partial charge in [-0.05, 0) is 23.8 Å². The van der Waals surface area contributed by atoms with Gasteiger partial charge in [0.25, 0.3) is 5.69 Å². The molecule has 2 rings (SSSR count). The quantitative estimate of drug-likeness (QED) is 0.646. The summed E-state index contributed by atoms with van der Waals surface area (Å²) < 4.78 is 26.5. The van der Waals surface area contributed by atoms with Crippen molar-refractivity contribution in [2.24, 2.45) is 0 Å². The first-order valence-electron chi connectivity index (χ1n) is 5.90. The second kappa shape index (κ2) is 5.90. The van der Waals surface area contributed by atoms with Gasteiger partial charge in [-0.2, -0.15) is 0 Å². The van der Waals surface area contributed by atoms with Gasteiger partial charge in [0, 0.05) is 18.7 Å². The second-order valence-corrected chi connectivity index (χ2v) is 6.02. The number of benzene rings is 2. The summed E-state index contributed by atoms with van der Waals surface area (Å²) in [6.07, 6.45) is 0. The van der Waals surface area contributed by atoms with Gasteiger partial charge in [-0.15, -0.1) is 0 Å². The van der Waals surface area contributed by atoms with Crippen molar-refractivity contribution in [3.8, 4) is 5.75 Å². The van der Waals surface area contributed by atoms with Crippen molar-refractivity contribution in [2.45, 2.75) is 11.4 Å². The van der Waals surface area contributed by atoms with Crippen molar-refractivity contribution in [2.75, 3.05) is 0 Å². The molecule has 0 amide bonds. The van der Waals surface area contributed by atoms with Crippen molar-refractivity contribution in [3.63, 3.8) is 0 Å². The summed E-state index contributed by atoms with van der Waals surface area (Å²) >= 11 is 0. The Morgan fingerprint density at radius 2 is 1.86 bits per heavy atom. The minimum atomic E-state index is -3.86. The topological polar surface area (TPSA) is 110 Å². The Morgan fingerprint density at radius 1 is 1.14 bits per heavy atom. The maximum Gasteiger partial charge on any atom is 0.270 e. The van der Waals surface area contributed by atoms with Gasteiger partial charge in [0.1, 0.15) is 5.75 Å². The molecule has 0 spiro atoms. The van der Waals surface area contributed by atoms with E-state index in [2.05, 4.69) is 4.72 Å². The van der Waals surface area contributed by atoms with E-state index < -0.39 is 14.9 Å². The van der Waals surface area contributed by atoms with E-state index in [9.17, 15) is 23.6 Å². The summed E-state index contributed by atoms with van der Waals surface area (Å²) in [5.41, 5.74) is 0.277. The van der Waals surface area contributed by atoms with Gasteiger partial charge >= 0.3 is 0 Å². The van der Waals surface area contributed by atoms with Crippen LogP contribution in [-0.4, -0.2) is 18.4 Å². The van der Waals surface area contributed by atoms with Crippen LogP contribution in [0.25, 0.3) is 0 Å². The number of nitro groups is 1. The Balaban J connectivity index is 2.19. The van der Waals surface area contributed by atoms with Gasteiger partial charge < -0.3 is 5.11 Å². The summed E-state index contributed by atoms with van der Waals surface area (Å²) in [4.78, 5) is 9.82. The van der Waals surface area contributed by atoms with Crippen LogP contribution in [0.1, 0.15) is 5.56 Å². The van der Waals surface area contributed by atoms with Crippen molar-refractivity contribution >= 4 is 15.7 Å². The molecule has 2 aromatic rings. The number of aromatic hydroxyl groups is 1. The molecular weight excluding hydrogens is 296 g/mol. The van der Waals surface area contributed by atoms with Crippen LogP contribution >= 0.6 is 0 Å². The molecule has 0 aliphatic rings. The Bertz CT molecular complexity index is 774. The fraction of sp³-hybridized carbons (Fsp3) is 0.0769. The van der Waals surface area contributed by atoms with Crippen LogP contribution in [0.3, 0.4) is 0 Å². The largest absolute Gasteiger partial charge is 0.508 e. The lowest BCUT2D eigenvalue weighted by Gasteiger charge is -2.07. The van der Waals surface area contributed by atoms with Crippen LogP contribution in [0, 0.1) is 10.1 Å². The highest BCUT2D eigenvalue weighted by Crippen LogP contribution is 2.18. The van der Waals surface area contributed by atoms with Crippen molar-refractivity contribution < 1.29 is 18.4 Å². The van der Waals surface area contributed by atoms with Gasteiger partial charge in [-0.25, -0.2) is 13.1 Å². The number of rotatable bonds is 5. The average molecular weight is 308 g/mol. The van der Waals surface area contributed by atoms with Crippen molar-refractivity contribution in [1.82, 2.24) is 4.72 Å². The molecule has 0 saturated carbocycles. The Labute approximate surface area is 121 Å². The highest BCUT2D eigenvalue weighted by atomic mass is 32.2. The molecule has 110 valence electrons. The molecule has 0 bridgehead atoms. The van der Waals surface area contributed by atoms with E-state index in [1.165, 1.54) is 30.3 Å². The minimum Gasteiger partial charge on any atom is -0.508 e. The Hall–Kier alpha value is -2.45. The highest BCUT2D eigenvalue weighted by molar-refractivity contribution is 7.89. The zero-order valence-corrected chi connectivity index (χ0v) is 11.6. The molecule has 0 aliphatic carbocycles. The van der Waals surface area contributed by atoms with Crippen LogP contribution in [0.5, 0.6) is 5.75 Å². The lowest BCUT2D eigenvalue weighted by atomic mass is 10.2. The molecule has 0 unspecified atom stereocenters. The molecule has 0 saturated heterocycles. The van der Waals surface area contributed by atoms with Gasteiger partial charge in [-0.3, -0.25) is 10.1 Å². The van der Waals surface area contributed by atoms with E-state index in [-0.39, 0.29) is 22.9 Å². The van der Waals surface area contributed by atoms with Crippen molar-refractivity contribution in [1.29, 1.82) is 0 Å². The zero-order valence-electron chi connectivity index (χ0n) is 10.8. The normalized spacial score (nSPS) is 11.2. The minimum absolute atomic E-state index is 0.0283. The van der Waals surface area contributed by atoms with Gasteiger partial charge in [0.2, 0.25) is 10.0 Å². The summed E-state index contributed by atoms with van der Waals surface area (Å²) in [7, 11) is -3.86. The van der Waals surface area contributed by atoms with E-state index in [4.69, 9.17) is 0 Å². The molecular formula is C13H12N2O5S. The third-order valence-corrected chi connectivity index (χ3v) is 4.11. The van der Waals surface area contributed by atoms with Crippen LogP contribution < -0.4 is 4.72 Å². The predicted molar refractivity (Wildman–Crippen MR) is 75.2 cm³/mol. The van der Waals surface area contributed by atoms with E-state index in [1.807, 2.05) is 0 Å². The van der Waals surface area contributed by atoms with Crippen LogP contribution in [0.15, 0.2) is 53.4 Å². The van der Waals surface area contributed by atoms with Gasteiger partial charge in [0.15, 0.2) is 0 Å². The lowest BCUT2D eigenvalue weighted by Crippen LogP contribution is -2.23. The third kappa shape index (κ3) is 3.77. The maximum absolute atomic E-state index is 12.1. The van der Waals surface area contributed by atoms with Crippen molar-refractivity contribution in [3.05, 3.63) is 64.2 Å². The number of nitrogens with one attached hydrogen (secondary N) is 1. The van der Waals surface area contributed by atoms with E-state index in [1.54, 1.807) is 12.1 Å². The average Bonchev–Trinajstić information content (AvgIpc) is 2.45. The first-order valence-corrected chi connectivity index (χ1v) is 7.39. The monoisotopic (exact) mass is 308 g/mol. The van der Waals surface area contributed by atoms with Crippen LogP contribution in [-0.2, 0) is 16.6 Å². The molecule has 0 aliphatic heterocycles. The smallest absolute Gasteiger partial charge is 0.270 e. The van der Waals surface area contributed by atoms with E-state index in [0.29, 0.717) is 5.56 Å². The number of non-ortho nitro benzene ring substituents is 1. The maximum atomic E-state index is 12.1. The molecule has 2 aromatic carbocycles. The van der Waals surface area contributed by atoms with E-state index in [0.717, 1.165) is 6.07 Å². The number of phenolic OH excluding ortho intramolecular Hbond substituents is 1. The standard InChI is InChI=1S/C13H12N2O5S/c16-12-5-1-3-10(7-12)9-14-21(19,20)13-6-2-4-11(8-13)15(17)18/h1-8,14,16H,9H2. The Morgan fingerprint density at radius 3 is 2.52 bits per heavy atom. The summed E-state index contributed by atoms with van der Waals surface area (Å²) in [5.74, 6) is 0.0297. The molecule has 21 heavy (non-hydrogen) atoms. The molecule has 0 heterocycles. The fourth-order valence-electron chi connectivity index (χ4n) is 1.69. The van der Waals surface area contributed by atoms with E-state index >= 15 is 0 Å². The number of hydrogen-bond donors (Lipinski definition) is 2. The number of nitrogens with zero attached hydrogens (tertiary/aromatic N) is 1. The van der Waals surface area contributed by atoms with Gasteiger partial charge in [-0.1, -0.05) is 18.2 Å². The Kier molecular flexibility index (Phi) is 4.20. The van der Waals surface area contributed by atoms with Crippen LogP contribution in [0.2, 0.25) is 0 Å². The SMILES string of the molecule is O=[N+]([O-])c1cccc(S(=O)(=O)NCc2cccc(O)c2)c1. The zero-order chi connectivity index (χ0) is 15.5. The van der Waals surface area contributed by atoms with Gasteiger partial charge in [0.05, 0.1) is 9.82 Å². The summed E-state index contributed by atoms with van der Waals surface area (Å²) in [6.45, 7) is -0.0283. The first-order chi connectivity index (χ1) is 9.88. The summed E-state index contributed by atoms with van der Waals surface area (Å²) in [5, 5.41) is 20.0. The summed E-state index contributed by atoms with van der Waals surface area (Å²) in [6, 6.07) is 10.9. The molecule has 0 fully saturated rings. The molecule has 2 N–H and O–H groups in total. The van der Waals surface area contributed by atoms with Crippen LogP contribution in [0.4, 0.5) is 5.69 Å². The highest BCUT2D eigenvalue weighted by Gasteiger charge is 2.17. The number of nitro benzene ring substituents is 1.